The molecule has 1 aromatic rings. The Balaban J connectivity index is 2.50. The number of nitrogens with one attached hydrogen (secondary N) is 1. The van der Waals surface area contributed by atoms with Crippen LogP contribution in [0.2, 0.25) is 0 Å². The van der Waals surface area contributed by atoms with Crippen molar-refractivity contribution in [2.45, 2.75) is 45.9 Å². The van der Waals surface area contributed by atoms with Gasteiger partial charge in [-0.25, -0.2) is 0 Å². The zero-order valence-corrected chi connectivity index (χ0v) is 12.7. The molecule has 18 heavy (non-hydrogen) atoms. The highest BCUT2D eigenvalue weighted by Crippen LogP contribution is 2.19. The average molecular weight is 267 g/mol. The molecule has 0 aliphatic rings. The zero-order chi connectivity index (χ0) is 13.4. The molecule has 0 fully saturated rings. The molecule has 0 aliphatic heterocycles. The first kappa shape index (κ1) is 15.4. The zero-order valence-electron chi connectivity index (χ0n) is 11.9. The maximum atomic E-state index is 5.81. The van der Waals surface area contributed by atoms with Gasteiger partial charge in [-0.05, 0) is 45.3 Å². The number of rotatable bonds is 8. The van der Waals surface area contributed by atoms with Crippen molar-refractivity contribution >= 4 is 11.8 Å². The van der Waals surface area contributed by atoms with E-state index in [1.165, 1.54) is 17.7 Å². The lowest BCUT2D eigenvalue weighted by Crippen LogP contribution is -2.26. The fourth-order valence-corrected chi connectivity index (χ4v) is 2.29. The Hall–Kier alpha value is -0.670. The van der Waals surface area contributed by atoms with Crippen LogP contribution in [0.15, 0.2) is 24.3 Å². The normalized spacial score (nSPS) is 12.7. The molecule has 0 saturated carbocycles. The summed E-state index contributed by atoms with van der Waals surface area (Å²) in [5.41, 5.74) is 1.24. The molecule has 0 aromatic heterocycles. The van der Waals surface area contributed by atoms with Crippen LogP contribution in [0.25, 0.3) is 0 Å². The van der Waals surface area contributed by atoms with E-state index < -0.39 is 0 Å². The molecule has 1 N–H and O–H groups in total. The minimum Gasteiger partial charge on any atom is -0.491 e. The van der Waals surface area contributed by atoms with Gasteiger partial charge in [-0.15, -0.1) is 0 Å². The van der Waals surface area contributed by atoms with Gasteiger partial charge in [-0.3, -0.25) is 0 Å². The molecular formula is C15H25NOS. The molecule has 3 heteroatoms. The predicted molar refractivity (Wildman–Crippen MR) is 81.5 cm³/mol. The summed E-state index contributed by atoms with van der Waals surface area (Å²) in [7, 11) is 0. The van der Waals surface area contributed by atoms with Crippen LogP contribution in [-0.2, 0) is 6.54 Å². The van der Waals surface area contributed by atoms with Crippen molar-refractivity contribution in [2.75, 3.05) is 12.0 Å². The van der Waals surface area contributed by atoms with E-state index in [2.05, 4.69) is 44.5 Å². The van der Waals surface area contributed by atoms with E-state index in [0.29, 0.717) is 6.04 Å². The van der Waals surface area contributed by atoms with E-state index in [1.807, 2.05) is 23.9 Å². The molecule has 1 unspecified atom stereocenters. The van der Waals surface area contributed by atoms with E-state index in [1.54, 1.807) is 0 Å². The van der Waals surface area contributed by atoms with Gasteiger partial charge in [0.05, 0.1) is 6.10 Å². The van der Waals surface area contributed by atoms with Crippen LogP contribution in [0.1, 0.15) is 32.8 Å². The van der Waals surface area contributed by atoms with Gasteiger partial charge < -0.3 is 10.1 Å². The number of benzene rings is 1. The second-order valence-corrected chi connectivity index (χ2v) is 5.82. The number of hydrogen-bond acceptors (Lipinski definition) is 3. The van der Waals surface area contributed by atoms with Gasteiger partial charge in [0.1, 0.15) is 5.75 Å². The minimum absolute atomic E-state index is 0.222. The second kappa shape index (κ2) is 8.44. The third-order valence-corrected chi connectivity index (χ3v) is 3.38. The van der Waals surface area contributed by atoms with E-state index in [-0.39, 0.29) is 6.10 Å². The molecule has 0 spiro atoms. The maximum absolute atomic E-state index is 5.81. The SMILES string of the molecule is CSCCC(C)NCc1ccccc1OC(C)C. The lowest BCUT2D eigenvalue weighted by molar-refractivity contribution is 0.239. The fraction of sp³-hybridized carbons (Fsp3) is 0.600. The van der Waals surface area contributed by atoms with E-state index in [0.717, 1.165) is 12.3 Å². The molecule has 0 radical (unpaired) electrons. The molecule has 0 heterocycles. The molecule has 102 valence electrons. The summed E-state index contributed by atoms with van der Waals surface area (Å²) in [4.78, 5) is 0. The molecule has 0 amide bonds. The molecular weight excluding hydrogens is 242 g/mol. The van der Waals surface area contributed by atoms with Gasteiger partial charge in [0.25, 0.3) is 0 Å². The first-order valence-electron chi connectivity index (χ1n) is 6.60. The van der Waals surface area contributed by atoms with Crippen LogP contribution in [-0.4, -0.2) is 24.2 Å². The number of thioether (sulfide) groups is 1. The summed E-state index contributed by atoms with van der Waals surface area (Å²) < 4.78 is 5.81. The van der Waals surface area contributed by atoms with Gasteiger partial charge in [0.15, 0.2) is 0 Å². The summed E-state index contributed by atoms with van der Waals surface area (Å²) in [6.07, 6.45) is 3.58. The lowest BCUT2D eigenvalue weighted by atomic mass is 10.1. The number of para-hydroxylation sites is 1. The quantitative estimate of drug-likeness (QED) is 0.776. The minimum atomic E-state index is 0.222. The van der Waals surface area contributed by atoms with Gasteiger partial charge >= 0.3 is 0 Å². The summed E-state index contributed by atoms with van der Waals surface area (Å²) >= 11 is 1.90. The van der Waals surface area contributed by atoms with Crippen molar-refractivity contribution in [3.8, 4) is 5.75 Å². The van der Waals surface area contributed by atoms with Crippen LogP contribution < -0.4 is 10.1 Å². The summed E-state index contributed by atoms with van der Waals surface area (Å²) in [5, 5.41) is 3.55. The first-order valence-corrected chi connectivity index (χ1v) is 7.99. The van der Waals surface area contributed by atoms with Crippen LogP contribution in [0.3, 0.4) is 0 Å². The van der Waals surface area contributed by atoms with Crippen molar-refractivity contribution in [1.29, 1.82) is 0 Å². The highest BCUT2D eigenvalue weighted by molar-refractivity contribution is 7.98. The Kier molecular flexibility index (Phi) is 7.21. The van der Waals surface area contributed by atoms with E-state index in [4.69, 9.17) is 4.74 Å². The van der Waals surface area contributed by atoms with Crippen LogP contribution >= 0.6 is 11.8 Å². The van der Waals surface area contributed by atoms with Gasteiger partial charge in [-0.1, -0.05) is 18.2 Å². The molecule has 0 aliphatic carbocycles. The summed E-state index contributed by atoms with van der Waals surface area (Å²) in [6.45, 7) is 7.23. The lowest BCUT2D eigenvalue weighted by Gasteiger charge is -2.17. The number of hydrogen-bond donors (Lipinski definition) is 1. The Morgan fingerprint density at radius 3 is 2.61 bits per heavy atom. The van der Waals surface area contributed by atoms with E-state index in [9.17, 15) is 0 Å². The van der Waals surface area contributed by atoms with Crippen LogP contribution in [0, 0.1) is 0 Å². The third kappa shape index (κ3) is 5.78. The Morgan fingerprint density at radius 1 is 1.22 bits per heavy atom. The van der Waals surface area contributed by atoms with Crippen LogP contribution in [0.4, 0.5) is 0 Å². The molecule has 0 bridgehead atoms. The smallest absolute Gasteiger partial charge is 0.124 e. The maximum Gasteiger partial charge on any atom is 0.124 e. The molecule has 1 atom stereocenters. The third-order valence-electron chi connectivity index (χ3n) is 2.73. The Morgan fingerprint density at radius 2 is 1.94 bits per heavy atom. The van der Waals surface area contributed by atoms with Gasteiger partial charge in [0, 0.05) is 18.2 Å². The average Bonchev–Trinajstić information content (AvgIpc) is 2.34. The monoisotopic (exact) mass is 267 g/mol. The van der Waals surface area contributed by atoms with Crippen molar-refractivity contribution in [2.24, 2.45) is 0 Å². The summed E-state index contributed by atoms with van der Waals surface area (Å²) in [5.74, 6) is 2.20. The molecule has 2 nitrogen and oxygen atoms in total. The molecule has 1 aromatic carbocycles. The topological polar surface area (TPSA) is 21.3 Å². The predicted octanol–water partition coefficient (Wildman–Crippen LogP) is 3.71. The number of ether oxygens (including phenoxy) is 1. The fourth-order valence-electron chi connectivity index (χ4n) is 1.70. The van der Waals surface area contributed by atoms with Crippen molar-refractivity contribution in [3.05, 3.63) is 29.8 Å². The van der Waals surface area contributed by atoms with Crippen molar-refractivity contribution in [1.82, 2.24) is 5.32 Å². The van der Waals surface area contributed by atoms with Crippen molar-refractivity contribution in [3.63, 3.8) is 0 Å². The first-order chi connectivity index (χ1) is 8.63. The van der Waals surface area contributed by atoms with Gasteiger partial charge in [-0.2, -0.15) is 11.8 Å². The van der Waals surface area contributed by atoms with E-state index >= 15 is 0 Å². The highest BCUT2D eigenvalue weighted by atomic mass is 32.2. The standard InChI is InChI=1S/C15H25NOS/c1-12(2)17-15-8-6-5-7-14(15)11-16-13(3)9-10-18-4/h5-8,12-13,16H,9-11H2,1-4H3. The van der Waals surface area contributed by atoms with Gasteiger partial charge in [0.2, 0.25) is 0 Å². The molecule has 0 saturated heterocycles. The Bertz CT molecular complexity index is 341. The largest absolute Gasteiger partial charge is 0.491 e. The Labute approximate surface area is 116 Å². The highest BCUT2D eigenvalue weighted by Gasteiger charge is 2.06. The van der Waals surface area contributed by atoms with Crippen molar-refractivity contribution < 1.29 is 4.74 Å². The molecule has 1 rings (SSSR count). The summed E-state index contributed by atoms with van der Waals surface area (Å²) in [6, 6.07) is 8.81. The second-order valence-electron chi connectivity index (χ2n) is 4.84. The van der Waals surface area contributed by atoms with Crippen LogP contribution in [0.5, 0.6) is 5.75 Å².